The maximum Gasteiger partial charge on any atom is 0.410 e. The molecule has 0 aliphatic rings. The zero-order valence-corrected chi connectivity index (χ0v) is 13.4. The van der Waals surface area contributed by atoms with Crippen LogP contribution >= 0.6 is 11.3 Å². The number of amides is 2. The van der Waals surface area contributed by atoms with Crippen molar-refractivity contribution in [1.29, 1.82) is 5.26 Å². The Morgan fingerprint density at radius 2 is 2.19 bits per heavy atom. The van der Waals surface area contributed by atoms with Gasteiger partial charge in [-0.2, -0.15) is 16.6 Å². The van der Waals surface area contributed by atoms with Crippen LogP contribution in [0.4, 0.5) is 4.79 Å². The molecule has 0 radical (unpaired) electrons. The van der Waals surface area contributed by atoms with Gasteiger partial charge in [-0.25, -0.2) is 4.79 Å². The number of carbonyl (C=O) groups is 2. The van der Waals surface area contributed by atoms with Crippen LogP contribution in [-0.2, 0) is 9.53 Å². The van der Waals surface area contributed by atoms with Crippen LogP contribution in [0.5, 0.6) is 0 Å². The Hall–Kier alpha value is -2.07. The Bertz CT molecular complexity index is 529. The van der Waals surface area contributed by atoms with Gasteiger partial charge >= 0.3 is 6.09 Å². The molecule has 0 spiro atoms. The minimum absolute atomic E-state index is 0.169. The third kappa shape index (κ3) is 5.83. The Morgan fingerprint density at radius 3 is 2.67 bits per heavy atom. The molecule has 21 heavy (non-hydrogen) atoms. The summed E-state index contributed by atoms with van der Waals surface area (Å²) in [4.78, 5) is 24.8. The molecule has 0 aliphatic heterocycles. The average molecular weight is 309 g/mol. The Balaban J connectivity index is 2.53. The van der Waals surface area contributed by atoms with Crippen molar-refractivity contribution >= 4 is 23.3 Å². The normalized spacial score (nSPS) is 12.1. The van der Waals surface area contributed by atoms with Crippen molar-refractivity contribution < 1.29 is 14.3 Å². The molecule has 1 aromatic heterocycles. The van der Waals surface area contributed by atoms with E-state index in [-0.39, 0.29) is 6.54 Å². The third-order valence-corrected chi connectivity index (χ3v) is 3.10. The molecule has 7 heteroatoms. The lowest BCUT2D eigenvalue weighted by Crippen LogP contribution is -2.41. The fourth-order valence-corrected chi connectivity index (χ4v) is 2.14. The van der Waals surface area contributed by atoms with Crippen LogP contribution in [0.2, 0.25) is 0 Å². The molecule has 0 aromatic carbocycles. The second-order valence-corrected chi connectivity index (χ2v) is 6.30. The molecule has 1 unspecified atom stereocenters. The quantitative estimate of drug-likeness (QED) is 0.925. The Kier molecular flexibility index (Phi) is 5.73. The van der Waals surface area contributed by atoms with Crippen LogP contribution < -0.4 is 5.32 Å². The van der Waals surface area contributed by atoms with E-state index < -0.39 is 23.6 Å². The molecule has 1 atom stereocenters. The number of ether oxygens (including phenoxy) is 1. The summed E-state index contributed by atoms with van der Waals surface area (Å²) >= 11 is 1.45. The van der Waals surface area contributed by atoms with E-state index in [0.717, 1.165) is 5.56 Å². The Morgan fingerprint density at radius 1 is 1.52 bits per heavy atom. The third-order valence-electron chi connectivity index (χ3n) is 2.40. The number of hydrogen-bond donors (Lipinski definition) is 1. The van der Waals surface area contributed by atoms with E-state index in [1.54, 1.807) is 32.2 Å². The van der Waals surface area contributed by atoms with Gasteiger partial charge in [-0.1, -0.05) is 0 Å². The smallest absolute Gasteiger partial charge is 0.410 e. The van der Waals surface area contributed by atoms with Crippen LogP contribution in [0.25, 0.3) is 0 Å². The van der Waals surface area contributed by atoms with Crippen LogP contribution in [-0.4, -0.2) is 36.1 Å². The fraction of sp³-hybridized carbons (Fsp3) is 0.500. The molecule has 2 amide bonds. The zero-order valence-electron chi connectivity index (χ0n) is 12.5. The van der Waals surface area contributed by atoms with E-state index in [9.17, 15) is 9.59 Å². The molecule has 114 valence electrons. The van der Waals surface area contributed by atoms with E-state index in [2.05, 4.69) is 5.32 Å². The van der Waals surface area contributed by atoms with Crippen molar-refractivity contribution in [3.8, 4) is 6.07 Å². The highest BCUT2D eigenvalue weighted by Gasteiger charge is 2.22. The van der Waals surface area contributed by atoms with E-state index in [0.29, 0.717) is 0 Å². The minimum Gasteiger partial charge on any atom is -0.444 e. The number of rotatable bonds is 4. The lowest BCUT2D eigenvalue weighted by Gasteiger charge is -2.24. The first-order valence-electron chi connectivity index (χ1n) is 6.38. The van der Waals surface area contributed by atoms with E-state index >= 15 is 0 Å². The number of thiophene rings is 1. The average Bonchev–Trinajstić information content (AvgIpc) is 2.87. The molecule has 0 bridgehead atoms. The first-order valence-corrected chi connectivity index (χ1v) is 7.32. The predicted octanol–water partition coefficient (Wildman–Crippen LogP) is 2.30. The molecule has 0 saturated heterocycles. The molecule has 6 nitrogen and oxygen atoms in total. The standard InChI is InChI=1S/C14H19N3O3S/c1-14(2,3)20-13(19)17(4)8-12(18)16-11(7-15)10-5-6-21-9-10/h5-6,9,11H,8H2,1-4H3,(H,16,18). The van der Waals surface area contributed by atoms with Crippen molar-refractivity contribution in [3.05, 3.63) is 22.4 Å². The number of likely N-dealkylation sites (N-methyl/N-ethyl adjacent to an activating group) is 1. The molecule has 0 saturated carbocycles. The van der Waals surface area contributed by atoms with Crippen molar-refractivity contribution in [1.82, 2.24) is 10.2 Å². The van der Waals surface area contributed by atoms with Gasteiger partial charge in [0.1, 0.15) is 18.2 Å². The van der Waals surface area contributed by atoms with Crippen molar-refractivity contribution in [3.63, 3.8) is 0 Å². The number of nitrogens with one attached hydrogen (secondary N) is 1. The van der Waals surface area contributed by atoms with Crippen molar-refractivity contribution in [2.45, 2.75) is 32.4 Å². The SMILES string of the molecule is CN(CC(=O)NC(C#N)c1ccsc1)C(=O)OC(C)(C)C. The lowest BCUT2D eigenvalue weighted by atomic mass is 10.2. The van der Waals surface area contributed by atoms with Gasteiger partial charge < -0.3 is 15.0 Å². The second-order valence-electron chi connectivity index (χ2n) is 5.52. The molecular weight excluding hydrogens is 290 g/mol. The summed E-state index contributed by atoms with van der Waals surface area (Å²) in [6.45, 7) is 5.08. The van der Waals surface area contributed by atoms with Gasteiger partial charge in [-0.05, 0) is 43.2 Å². The summed E-state index contributed by atoms with van der Waals surface area (Å²) in [5.74, 6) is -0.416. The molecule has 1 rings (SSSR count). The second kappa shape index (κ2) is 7.09. The maximum absolute atomic E-state index is 11.9. The van der Waals surface area contributed by atoms with Gasteiger partial charge in [0.15, 0.2) is 0 Å². The largest absolute Gasteiger partial charge is 0.444 e. The minimum atomic E-state index is -0.712. The fourth-order valence-electron chi connectivity index (χ4n) is 1.46. The molecular formula is C14H19N3O3S. The monoisotopic (exact) mass is 309 g/mol. The van der Waals surface area contributed by atoms with Gasteiger partial charge in [0.2, 0.25) is 5.91 Å². The number of nitrogens with zero attached hydrogens (tertiary/aromatic N) is 2. The first-order chi connectivity index (χ1) is 9.73. The van der Waals surface area contributed by atoms with Gasteiger partial charge in [-0.3, -0.25) is 4.79 Å². The first kappa shape index (κ1) is 17.0. The predicted molar refractivity (Wildman–Crippen MR) is 79.7 cm³/mol. The summed E-state index contributed by atoms with van der Waals surface area (Å²) in [6.07, 6.45) is -0.582. The Labute approximate surface area is 128 Å². The van der Waals surface area contributed by atoms with Crippen molar-refractivity contribution in [2.24, 2.45) is 0 Å². The summed E-state index contributed by atoms with van der Waals surface area (Å²) < 4.78 is 5.15. The molecule has 1 heterocycles. The summed E-state index contributed by atoms with van der Waals surface area (Å²) in [5, 5.41) is 15.3. The van der Waals surface area contributed by atoms with Gasteiger partial charge in [0.05, 0.1) is 6.07 Å². The molecule has 0 aliphatic carbocycles. The summed E-state index contributed by atoms with van der Waals surface area (Å²) in [5.41, 5.74) is 0.115. The molecule has 0 fully saturated rings. The van der Waals surface area contributed by atoms with E-state index in [1.807, 2.05) is 11.4 Å². The van der Waals surface area contributed by atoms with Crippen LogP contribution in [0.3, 0.4) is 0 Å². The number of nitriles is 1. The summed E-state index contributed by atoms with van der Waals surface area (Å²) in [6, 6.07) is 3.08. The van der Waals surface area contributed by atoms with Gasteiger partial charge in [0.25, 0.3) is 0 Å². The molecule has 1 aromatic rings. The maximum atomic E-state index is 11.9. The van der Waals surface area contributed by atoms with E-state index in [4.69, 9.17) is 10.00 Å². The topological polar surface area (TPSA) is 82.4 Å². The highest BCUT2D eigenvalue weighted by Crippen LogP contribution is 2.15. The van der Waals surface area contributed by atoms with Crippen LogP contribution in [0.1, 0.15) is 32.4 Å². The van der Waals surface area contributed by atoms with Crippen molar-refractivity contribution in [2.75, 3.05) is 13.6 Å². The number of carbonyl (C=O) groups excluding carboxylic acids is 2. The summed E-state index contributed by atoms with van der Waals surface area (Å²) in [7, 11) is 1.47. The lowest BCUT2D eigenvalue weighted by molar-refractivity contribution is -0.122. The van der Waals surface area contributed by atoms with Gasteiger partial charge in [0, 0.05) is 7.05 Å². The zero-order chi connectivity index (χ0) is 16.0. The number of hydrogen-bond acceptors (Lipinski definition) is 5. The molecule has 1 N–H and O–H groups in total. The van der Waals surface area contributed by atoms with Crippen LogP contribution in [0.15, 0.2) is 16.8 Å². The van der Waals surface area contributed by atoms with Crippen LogP contribution in [0, 0.1) is 11.3 Å². The van der Waals surface area contributed by atoms with E-state index in [1.165, 1.54) is 23.3 Å². The highest BCUT2D eigenvalue weighted by atomic mass is 32.1. The highest BCUT2D eigenvalue weighted by molar-refractivity contribution is 7.08. The van der Waals surface area contributed by atoms with Gasteiger partial charge in [-0.15, -0.1) is 0 Å².